The Morgan fingerprint density at radius 2 is 1.79 bits per heavy atom. The SMILES string of the molecule is Cc1ccc(Nc2cnnc(N3CCC(Cc4ccccc4)CC3)n2)cc1C. The molecule has 5 heteroatoms. The fourth-order valence-electron chi connectivity index (χ4n) is 3.74. The van der Waals surface area contributed by atoms with Crippen molar-refractivity contribution in [2.24, 2.45) is 5.92 Å². The zero-order valence-corrected chi connectivity index (χ0v) is 16.6. The minimum Gasteiger partial charge on any atom is -0.339 e. The second-order valence-electron chi connectivity index (χ2n) is 7.69. The van der Waals surface area contributed by atoms with E-state index in [0.717, 1.165) is 49.8 Å². The normalized spacial score (nSPS) is 14.9. The maximum absolute atomic E-state index is 4.69. The first kappa shape index (κ1) is 18.4. The molecule has 2 heterocycles. The largest absolute Gasteiger partial charge is 0.339 e. The Labute approximate surface area is 166 Å². The van der Waals surface area contributed by atoms with E-state index in [0.29, 0.717) is 5.95 Å². The third kappa shape index (κ3) is 4.47. The summed E-state index contributed by atoms with van der Waals surface area (Å²) in [6.45, 7) is 6.19. The topological polar surface area (TPSA) is 53.9 Å². The minimum absolute atomic E-state index is 0.715. The van der Waals surface area contributed by atoms with Crippen LogP contribution in [0.25, 0.3) is 0 Å². The van der Waals surface area contributed by atoms with Gasteiger partial charge in [0.1, 0.15) is 0 Å². The Hall–Kier alpha value is -2.95. The van der Waals surface area contributed by atoms with Gasteiger partial charge in [0, 0.05) is 18.8 Å². The molecule has 4 rings (SSSR count). The van der Waals surface area contributed by atoms with Gasteiger partial charge in [-0.15, -0.1) is 5.10 Å². The Kier molecular flexibility index (Phi) is 5.51. The van der Waals surface area contributed by atoms with Crippen molar-refractivity contribution >= 4 is 17.5 Å². The molecule has 5 nitrogen and oxygen atoms in total. The van der Waals surface area contributed by atoms with Gasteiger partial charge < -0.3 is 10.2 Å². The van der Waals surface area contributed by atoms with Gasteiger partial charge in [0.25, 0.3) is 0 Å². The first-order valence-electron chi connectivity index (χ1n) is 10.0. The number of nitrogens with one attached hydrogen (secondary N) is 1. The summed E-state index contributed by atoms with van der Waals surface area (Å²) in [6.07, 6.45) is 5.16. The number of benzene rings is 2. The fraction of sp³-hybridized carbons (Fsp3) is 0.348. The van der Waals surface area contributed by atoms with Crippen molar-refractivity contribution in [3.8, 4) is 0 Å². The molecule has 0 atom stereocenters. The van der Waals surface area contributed by atoms with E-state index < -0.39 is 0 Å². The number of aryl methyl sites for hydroxylation is 2. The molecule has 0 unspecified atom stereocenters. The monoisotopic (exact) mass is 373 g/mol. The van der Waals surface area contributed by atoms with E-state index in [2.05, 4.69) is 82.8 Å². The van der Waals surface area contributed by atoms with Gasteiger partial charge in [-0.05, 0) is 67.9 Å². The number of anilines is 3. The summed E-state index contributed by atoms with van der Waals surface area (Å²) in [5.74, 6) is 2.18. The van der Waals surface area contributed by atoms with Crippen LogP contribution in [-0.4, -0.2) is 28.3 Å². The molecule has 28 heavy (non-hydrogen) atoms. The van der Waals surface area contributed by atoms with E-state index in [1.165, 1.54) is 16.7 Å². The number of hydrogen-bond acceptors (Lipinski definition) is 5. The third-order valence-corrected chi connectivity index (χ3v) is 5.59. The summed E-state index contributed by atoms with van der Waals surface area (Å²) >= 11 is 0. The molecule has 1 N–H and O–H groups in total. The predicted octanol–water partition coefficient (Wildman–Crippen LogP) is 4.69. The predicted molar refractivity (Wildman–Crippen MR) is 114 cm³/mol. The van der Waals surface area contributed by atoms with Gasteiger partial charge in [0.2, 0.25) is 5.95 Å². The number of nitrogens with zero attached hydrogens (tertiary/aromatic N) is 4. The van der Waals surface area contributed by atoms with E-state index in [1.807, 2.05) is 0 Å². The van der Waals surface area contributed by atoms with Crippen molar-refractivity contribution in [2.75, 3.05) is 23.3 Å². The van der Waals surface area contributed by atoms with Crippen LogP contribution in [-0.2, 0) is 6.42 Å². The molecule has 0 radical (unpaired) electrons. The molecule has 0 saturated carbocycles. The number of hydrogen-bond donors (Lipinski definition) is 1. The lowest BCUT2D eigenvalue weighted by atomic mass is 9.90. The van der Waals surface area contributed by atoms with Gasteiger partial charge in [0.05, 0.1) is 6.20 Å². The molecule has 1 fully saturated rings. The van der Waals surface area contributed by atoms with Gasteiger partial charge in [-0.2, -0.15) is 10.1 Å². The highest BCUT2D eigenvalue weighted by Gasteiger charge is 2.21. The van der Waals surface area contributed by atoms with E-state index in [9.17, 15) is 0 Å². The van der Waals surface area contributed by atoms with Crippen LogP contribution >= 0.6 is 0 Å². The Balaban J connectivity index is 1.37. The molecule has 1 saturated heterocycles. The van der Waals surface area contributed by atoms with Crippen molar-refractivity contribution in [1.82, 2.24) is 15.2 Å². The molecular formula is C23H27N5. The lowest BCUT2D eigenvalue weighted by Gasteiger charge is -2.31. The molecular weight excluding hydrogens is 346 g/mol. The van der Waals surface area contributed by atoms with Gasteiger partial charge in [-0.25, -0.2) is 0 Å². The Bertz CT molecular complexity index is 917. The molecule has 3 aromatic rings. The van der Waals surface area contributed by atoms with E-state index >= 15 is 0 Å². The van der Waals surface area contributed by atoms with E-state index in [1.54, 1.807) is 6.20 Å². The van der Waals surface area contributed by atoms with Gasteiger partial charge >= 0.3 is 0 Å². The zero-order valence-electron chi connectivity index (χ0n) is 16.6. The fourth-order valence-corrected chi connectivity index (χ4v) is 3.74. The van der Waals surface area contributed by atoms with Crippen molar-refractivity contribution < 1.29 is 0 Å². The Morgan fingerprint density at radius 1 is 1.00 bits per heavy atom. The van der Waals surface area contributed by atoms with Crippen LogP contribution in [0.1, 0.15) is 29.5 Å². The quantitative estimate of drug-likeness (QED) is 0.703. The second kappa shape index (κ2) is 8.38. The van der Waals surface area contributed by atoms with Crippen LogP contribution in [0.3, 0.4) is 0 Å². The van der Waals surface area contributed by atoms with Crippen LogP contribution in [0.4, 0.5) is 17.5 Å². The molecule has 1 aliphatic heterocycles. The van der Waals surface area contributed by atoms with Gasteiger partial charge in [-0.1, -0.05) is 36.4 Å². The highest BCUT2D eigenvalue weighted by molar-refractivity contribution is 5.58. The molecule has 0 aliphatic carbocycles. The third-order valence-electron chi connectivity index (χ3n) is 5.59. The number of rotatable bonds is 5. The van der Waals surface area contributed by atoms with Gasteiger partial charge in [0.15, 0.2) is 5.82 Å². The van der Waals surface area contributed by atoms with E-state index in [-0.39, 0.29) is 0 Å². The molecule has 1 aromatic heterocycles. The lowest BCUT2D eigenvalue weighted by Crippen LogP contribution is -2.35. The summed E-state index contributed by atoms with van der Waals surface area (Å²) < 4.78 is 0. The highest BCUT2D eigenvalue weighted by Crippen LogP contribution is 2.25. The van der Waals surface area contributed by atoms with Crippen molar-refractivity contribution in [3.05, 3.63) is 71.4 Å². The van der Waals surface area contributed by atoms with Crippen molar-refractivity contribution in [2.45, 2.75) is 33.1 Å². The second-order valence-corrected chi connectivity index (χ2v) is 7.69. The average molecular weight is 374 g/mol. The summed E-state index contributed by atoms with van der Waals surface area (Å²) in [4.78, 5) is 6.94. The zero-order chi connectivity index (χ0) is 19.3. The average Bonchev–Trinajstić information content (AvgIpc) is 2.72. The van der Waals surface area contributed by atoms with Crippen LogP contribution in [0, 0.1) is 19.8 Å². The smallest absolute Gasteiger partial charge is 0.247 e. The van der Waals surface area contributed by atoms with E-state index in [4.69, 9.17) is 4.98 Å². The minimum atomic E-state index is 0.715. The van der Waals surface area contributed by atoms with Crippen molar-refractivity contribution in [1.29, 1.82) is 0 Å². The summed E-state index contributed by atoms with van der Waals surface area (Å²) in [5, 5.41) is 11.8. The molecule has 0 amide bonds. The molecule has 1 aliphatic rings. The van der Waals surface area contributed by atoms with Crippen LogP contribution < -0.4 is 10.2 Å². The van der Waals surface area contributed by atoms with Crippen LogP contribution in [0.2, 0.25) is 0 Å². The van der Waals surface area contributed by atoms with Crippen LogP contribution in [0.15, 0.2) is 54.7 Å². The summed E-state index contributed by atoms with van der Waals surface area (Å²) in [5.41, 5.74) is 4.99. The number of aromatic nitrogens is 3. The maximum atomic E-state index is 4.69. The summed E-state index contributed by atoms with van der Waals surface area (Å²) in [6, 6.07) is 17.1. The maximum Gasteiger partial charge on any atom is 0.247 e. The molecule has 0 spiro atoms. The molecule has 2 aromatic carbocycles. The van der Waals surface area contributed by atoms with Crippen LogP contribution in [0.5, 0.6) is 0 Å². The highest BCUT2D eigenvalue weighted by atomic mass is 15.3. The molecule has 144 valence electrons. The Morgan fingerprint density at radius 3 is 2.54 bits per heavy atom. The standard InChI is InChI=1S/C23H27N5/c1-17-8-9-21(14-18(17)2)25-22-16-24-27-23(26-22)28-12-10-20(11-13-28)15-19-6-4-3-5-7-19/h3-9,14,16,20H,10-13,15H2,1-2H3,(H,25,26,27). The lowest BCUT2D eigenvalue weighted by molar-refractivity contribution is 0.400. The summed E-state index contributed by atoms with van der Waals surface area (Å²) in [7, 11) is 0. The first-order valence-corrected chi connectivity index (χ1v) is 10.0. The van der Waals surface area contributed by atoms with Crippen molar-refractivity contribution in [3.63, 3.8) is 0 Å². The molecule has 0 bridgehead atoms. The first-order chi connectivity index (χ1) is 13.7. The van der Waals surface area contributed by atoms with Gasteiger partial charge in [-0.3, -0.25) is 0 Å². The number of piperidine rings is 1.